The van der Waals surface area contributed by atoms with Crippen LogP contribution >= 0.6 is 0 Å². The predicted octanol–water partition coefficient (Wildman–Crippen LogP) is 5.07. The van der Waals surface area contributed by atoms with Gasteiger partial charge in [-0.1, -0.05) is 35.9 Å². The largest absolute Gasteiger partial charge is 0.493 e. The smallest absolute Gasteiger partial charge is 0.303 e. The molecule has 0 bridgehead atoms. The van der Waals surface area contributed by atoms with E-state index in [0.717, 1.165) is 24.0 Å². The number of aliphatic carboxylic acids is 1. The van der Waals surface area contributed by atoms with Gasteiger partial charge in [-0.3, -0.25) is 9.59 Å². The number of para-hydroxylation sites is 1. The van der Waals surface area contributed by atoms with Crippen molar-refractivity contribution in [2.24, 2.45) is 0 Å². The minimum atomic E-state index is -1.11. The molecule has 0 radical (unpaired) electrons. The van der Waals surface area contributed by atoms with E-state index < -0.39 is 12.0 Å². The maximum absolute atomic E-state index is 13.1. The van der Waals surface area contributed by atoms with Gasteiger partial charge in [0.25, 0.3) is 5.91 Å². The number of carboxylic acid groups (broad SMARTS) is 1. The fraction of sp³-hybridized carbons (Fsp3) is 0.417. The number of amides is 1. The molecule has 0 fully saturated rings. The first-order chi connectivity index (χ1) is 14.2. The zero-order valence-electron chi connectivity index (χ0n) is 18.5. The van der Waals surface area contributed by atoms with E-state index in [4.69, 9.17) is 11.2 Å². The third kappa shape index (κ3) is 7.26. The van der Waals surface area contributed by atoms with E-state index >= 15 is 0 Å². The van der Waals surface area contributed by atoms with Gasteiger partial charge in [-0.15, -0.1) is 0 Å². The van der Waals surface area contributed by atoms with Crippen LogP contribution in [0.3, 0.4) is 0 Å². The number of carbonyl (C=O) groups excluding carboxylic acids is 1. The van der Waals surface area contributed by atoms with Gasteiger partial charge in [-0.25, -0.2) is 0 Å². The lowest BCUT2D eigenvalue weighted by molar-refractivity contribution is -0.137. The topological polar surface area (TPSA) is 66.8 Å². The zero-order chi connectivity index (χ0) is 22.1. The van der Waals surface area contributed by atoms with Crippen molar-refractivity contribution in [3.05, 3.63) is 65.2 Å². The molecule has 0 heterocycles. The fourth-order valence-corrected chi connectivity index (χ4v) is 2.97. The number of nitrogens with zero attached hydrogens (tertiary/aromatic N) is 1. The molecule has 0 unspecified atom stereocenters. The molecule has 0 aliphatic rings. The summed E-state index contributed by atoms with van der Waals surface area (Å²) in [6.07, 6.45) is 2.35. The van der Waals surface area contributed by atoms with Crippen LogP contribution in [0.2, 0.25) is 0 Å². The second-order valence-electron chi connectivity index (χ2n) is 7.37. The summed E-state index contributed by atoms with van der Waals surface area (Å²) < 4.78 is 14.4. The minimum absolute atomic E-state index is 0.172. The molecular formula is C24H31NO4. The molecule has 5 heteroatoms. The SMILES string of the molecule is [2H]C(C)(C)N(Cc1ccccc1OCCCCCC(=O)O)C(=O)c1ccc(C)cc1. The van der Waals surface area contributed by atoms with E-state index in [1.165, 1.54) is 4.90 Å². The first-order valence-corrected chi connectivity index (χ1v) is 9.99. The molecular weight excluding hydrogens is 366 g/mol. The summed E-state index contributed by atoms with van der Waals surface area (Å²) in [5.74, 6) is -0.294. The maximum Gasteiger partial charge on any atom is 0.303 e. The summed E-state index contributed by atoms with van der Waals surface area (Å²) in [6, 6.07) is 13.8. The van der Waals surface area contributed by atoms with Crippen molar-refractivity contribution in [3.63, 3.8) is 0 Å². The normalized spacial score (nSPS) is 11.6. The van der Waals surface area contributed by atoms with E-state index in [1.807, 2.05) is 43.3 Å². The summed E-state index contributed by atoms with van der Waals surface area (Å²) in [5, 5.41) is 8.70. The second kappa shape index (κ2) is 11.2. The Balaban J connectivity index is 2.08. The highest BCUT2D eigenvalue weighted by atomic mass is 16.5. The van der Waals surface area contributed by atoms with Crippen molar-refractivity contribution in [3.8, 4) is 5.75 Å². The molecule has 156 valence electrons. The Morgan fingerprint density at radius 1 is 1.07 bits per heavy atom. The monoisotopic (exact) mass is 398 g/mol. The number of hydrogen-bond donors (Lipinski definition) is 1. The summed E-state index contributed by atoms with van der Waals surface area (Å²) in [7, 11) is 0. The molecule has 29 heavy (non-hydrogen) atoms. The zero-order valence-corrected chi connectivity index (χ0v) is 17.5. The Kier molecular flexibility index (Phi) is 8.11. The molecule has 1 amide bonds. The van der Waals surface area contributed by atoms with Crippen molar-refractivity contribution in [1.29, 1.82) is 0 Å². The third-order valence-corrected chi connectivity index (χ3v) is 4.68. The van der Waals surface area contributed by atoms with Gasteiger partial charge in [0, 0.05) is 30.1 Å². The van der Waals surface area contributed by atoms with Gasteiger partial charge in [0.15, 0.2) is 0 Å². The van der Waals surface area contributed by atoms with E-state index in [-0.39, 0.29) is 18.9 Å². The van der Waals surface area contributed by atoms with Crippen molar-refractivity contribution < 1.29 is 20.8 Å². The summed E-state index contributed by atoms with van der Waals surface area (Å²) in [6.45, 7) is 6.11. The van der Waals surface area contributed by atoms with Gasteiger partial charge in [0.2, 0.25) is 0 Å². The molecule has 0 aliphatic heterocycles. The lowest BCUT2D eigenvalue weighted by atomic mass is 10.1. The molecule has 5 nitrogen and oxygen atoms in total. The van der Waals surface area contributed by atoms with Crippen LogP contribution in [0.1, 0.15) is 62.4 Å². The summed E-state index contributed by atoms with van der Waals surface area (Å²) in [5.41, 5.74) is 2.46. The van der Waals surface area contributed by atoms with Crippen LogP contribution in [0.25, 0.3) is 0 Å². The number of unbranched alkanes of at least 4 members (excludes halogenated alkanes) is 2. The van der Waals surface area contributed by atoms with Crippen LogP contribution in [0, 0.1) is 6.92 Å². The molecule has 0 atom stereocenters. The van der Waals surface area contributed by atoms with Crippen LogP contribution in [0.5, 0.6) is 5.75 Å². The van der Waals surface area contributed by atoms with Gasteiger partial charge < -0.3 is 14.7 Å². The van der Waals surface area contributed by atoms with Crippen LogP contribution in [0.4, 0.5) is 0 Å². The standard InChI is InChI=1S/C24H31NO4/c1-18(2)25(24(28)20-14-12-19(3)13-15-20)17-21-9-6-7-10-22(21)29-16-8-4-5-11-23(26)27/h6-7,9-10,12-15,18H,4-5,8,11,16-17H2,1-3H3,(H,26,27)/i18D. The number of carbonyl (C=O) groups is 2. The van der Waals surface area contributed by atoms with E-state index in [9.17, 15) is 9.59 Å². The van der Waals surface area contributed by atoms with Crippen LogP contribution in [0.15, 0.2) is 48.5 Å². The fourth-order valence-electron chi connectivity index (χ4n) is 2.97. The van der Waals surface area contributed by atoms with Gasteiger partial charge >= 0.3 is 5.97 Å². The average molecular weight is 399 g/mol. The maximum atomic E-state index is 13.1. The molecule has 0 spiro atoms. The van der Waals surface area contributed by atoms with Gasteiger partial charge in [0.1, 0.15) is 5.75 Å². The summed E-state index contributed by atoms with van der Waals surface area (Å²) >= 11 is 0. The third-order valence-electron chi connectivity index (χ3n) is 4.68. The summed E-state index contributed by atoms with van der Waals surface area (Å²) in [4.78, 5) is 25.2. The van der Waals surface area contributed by atoms with Gasteiger partial charge in [0.05, 0.1) is 7.98 Å². The van der Waals surface area contributed by atoms with Crippen LogP contribution < -0.4 is 4.74 Å². The first-order valence-electron chi connectivity index (χ1n) is 10.5. The Morgan fingerprint density at radius 3 is 2.41 bits per heavy atom. The molecule has 0 saturated carbocycles. The van der Waals surface area contributed by atoms with E-state index in [2.05, 4.69) is 0 Å². The van der Waals surface area contributed by atoms with E-state index in [0.29, 0.717) is 24.3 Å². The Morgan fingerprint density at radius 2 is 1.76 bits per heavy atom. The highest BCUT2D eigenvalue weighted by molar-refractivity contribution is 5.94. The van der Waals surface area contributed by atoms with Gasteiger partial charge in [-0.2, -0.15) is 0 Å². The quantitative estimate of drug-likeness (QED) is 0.537. The molecule has 2 aromatic carbocycles. The van der Waals surface area contributed by atoms with Crippen LogP contribution in [-0.2, 0) is 11.3 Å². The molecule has 1 N–H and O–H groups in total. The van der Waals surface area contributed by atoms with Crippen molar-refractivity contribution in [1.82, 2.24) is 4.90 Å². The number of rotatable bonds is 11. The Bertz CT molecular complexity index is 843. The number of aryl methyl sites for hydroxylation is 1. The molecule has 2 rings (SSSR count). The minimum Gasteiger partial charge on any atom is -0.493 e. The average Bonchev–Trinajstić information content (AvgIpc) is 2.68. The number of hydrogen-bond acceptors (Lipinski definition) is 3. The number of benzene rings is 2. The van der Waals surface area contributed by atoms with Gasteiger partial charge in [-0.05, 0) is 58.2 Å². The number of carboxylic acids is 1. The Labute approximate surface area is 174 Å². The first kappa shape index (κ1) is 20.9. The molecule has 0 saturated heterocycles. The predicted molar refractivity (Wildman–Crippen MR) is 114 cm³/mol. The molecule has 0 aromatic heterocycles. The van der Waals surface area contributed by atoms with Crippen molar-refractivity contribution >= 4 is 11.9 Å². The lowest BCUT2D eigenvalue weighted by Crippen LogP contribution is -2.36. The van der Waals surface area contributed by atoms with E-state index in [1.54, 1.807) is 26.0 Å². The van der Waals surface area contributed by atoms with Crippen LogP contribution in [-0.4, -0.2) is 34.5 Å². The molecule has 0 aliphatic carbocycles. The molecule has 2 aromatic rings. The van der Waals surface area contributed by atoms with Crippen molar-refractivity contribution in [2.75, 3.05) is 6.61 Å². The highest BCUT2D eigenvalue weighted by Gasteiger charge is 2.20. The second-order valence-corrected chi connectivity index (χ2v) is 7.37. The lowest BCUT2D eigenvalue weighted by Gasteiger charge is -2.28. The Hall–Kier alpha value is -2.82. The highest BCUT2D eigenvalue weighted by Crippen LogP contribution is 2.23. The van der Waals surface area contributed by atoms with Crippen molar-refractivity contribution in [2.45, 2.75) is 59.0 Å². The number of ether oxygens (including phenoxy) is 1.